The van der Waals surface area contributed by atoms with Gasteiger partial charge in [-0.25, -0.2) is 9.48 Å². The van der Waals surface area contributed by atoms with Crippen molar-refractivity contribution in [2.45, 2.75) is 13.5 Å². The van der Waals surface area contributed by atoms with Crippen LogP contribution in [0.1, 0.15) is 20.1 Å². The summed E-state index contributed by atoms with van der Waals surface area (Å²) in [5, 5.41) is 13.0. The average molecular weight is 280 g/mol. The highest BCUT2D eigenvalue weighted by molar-refractivity contribution is 7.14. The third kappa shape index (κ3) is 2.82. The monoisotopic (exact) mass is 280 g/mol. The Morgan fingerprint density at radius 3 is 2.84 bits per heavy atom. The second kappa shape index (κ2) is 5.23. The van der Waals surface area contributed by atoms with E-state index in [4.69, 9.17) is 9.84 Å². The number of carbonyl (C=O) groups is 1. The Morgan fingerprint density at radius 2 is 2.26 bits per heavy atom. The van der Waals surface area contributed by atoms with Gasteiger partial charge in [-0.3, -0.25) is 4.79 Å². The molecule has 7 heteroatoms. The van der Waals surface area contributed by atoms with Crippen LogP contribution in [0.4, 0.5) is 0 Å². The summed E-state index contributed by atoms with van der Waals surface area (Å²) in [7, 11) is 1.47. The van der Waals surface area contributed by atoms with E-state index >= 15 is 0 Å². The van der Waals surface area contributed by atoms with Crippen LogP contribution in [0.25, 0.3) is 0 Å². The normalized spacial score (nSPS) is 10.4. The molecule has 0 saturated carbocycles. The number of aromatic nitrogens is 2. The number of hydrogen-bond acceptors (Lipinski definition) is 5. The van der Waals surface area contributed by atoms with Gasteiger partial charge in [-0.2, -0.15) is 0 Å². The number of aryl methyl sites for hydroxylation is 1. The van der Waals surface area contributed by atoms with Gasteiger partial charge in [-0.05, 0) is 18.6 Å². The van der Waals surface area contributed by atoms with E-state index in [0.717, 1.165) is 10.4 Å². The van der Waals surface area contributed by atoms with E-state index < -0.39 is 5.97 Å². The molecule has 0 atom stereocenters. The standard InChI is InChI=1S/C12H12N2O4S/c1-7-8(5-9(19-7)12(16)17)6-14-11(15)4-3-10(13-14)18-2/h3-5H,6H2,1-2H3,(H,16,17). The molecule has 0 spiro atoms. The van der Waals surface area contributed by atoms with Crippen molar-refractivity contribution >= 4 is 17.3 Å². The van der Waals surface area contributed by atoms with Crippen LogP contribution in [0.3, 0.4) is 0 Å². The maximum atomic E-state index is 11.7. The van der Waals surface area contributed by atoms with Crippen LogP contribution >= 0.6 is 11.3 Å². The van der Waals surface area contributed by atoms with E-state index in [0.29, 0.717) is 5.88 Å². The summed E-state index contributed by atoms with van der Waals surface area (Å²) in [5.74, 6) is -0.628. The van der Waals surface area contributed by atoms with Crippen LogP contribution < -0.4 is 10.3 Å². The van der Waals surface area contributed by atoms with Gasteiger partial charge in [0.05, 0.1) is 13.7 Å². The highest BCUT2D eigenvalue weighted by Gasteiger charge is 2.12. The molecular formula is C12H12N2O4S. The predicted molar refractivity (Wildman–Crippen MR) is 70.2 cm³/mol. The zero-order valence-electron chi connectivity index (χ0n) is 10.4. The molecule has 2 aromatic rings. The van der Waals surface area contributed by atoms with Gasteiger partial charge in [0.25, 0.3) is 5.56 Å². The molecule has 2 aromatic heterocycles. The van der Waals surface area contributed by atoms with Crippen molar-refractivity contribution in [3.8, 4) is 5.88 Å². The molecule has 2 heterocycles. The molecule has 0 amide bonds. The van der Waals surface area contributed by atoms with Crippen LogP contribution in [0.15, 0.2) is 23.0 Å². The lowest BCUT2D eigenvalue weighted by Crippen LogP contribution is -2.22. The number of carboxylic acid groups (broad SMARTS) is 1. The zero-order chi connectivity index (χ0) is 14.0. The molecule has 100 valence electrons. The first-order valence-electron chi connectivity index (χ1n) is 5.46. The first-order valence-corrected chi connectivity index (χ1v) is 6.27. The summed E-state index contributed by atoms with van der Waals surface area (Å²) in [4.78, 5) is 23.7. The van der Waals surface area contributed by atoms with Crippen molar-refractivity contribution in [3.63, 3.8) is 0 Å². The Bertz CT molecular complexity index is 675. The van der Waals surface area contributed by atoms with Crippen molar-refractivity contribution < 1.29 is 14.6 Å². The number of carboxylic acids is 1. The van der Waals surface area contributed by atoms with Gasteiger partial charge >= 0.3 is 5.97 Å². The van der Waals surface area contributed by atoms with Crippen LogP contribution in [-0.2, 0) is 6.54 Å². The largest absolute Gasteiger partial charge is 0.480 e. The topological polar surface area (TPSA) is 81.4 Å². The summed E-state index contributed by atoms with van der Waals surface area (Å²) in [5.41, 5.74) is 0.508. The van der Waals surface area contributed by atoms with E-state index in [1.54, 1.807) is 6.07 Å². The van der Waals surface area contributed by atoms with Gasteiger partial charge < -0.3 is 9.84 Å². The molecule has 0 aromatic carbocycles. The Balaban J connectivity index is 2.35. The molecular weight excluding hydrogens is 268 g/mol. The van der Waals surface area contributed by atoms with E-state index in [9.17, 15) is 9.59 Å². The minimum atomic E-state index is -0.967. The maximum Gasteiger partial charge on any atom is 0.345 e. The molecule has 0 fully saturated rings. The third-order valence-electron chi connectivity index (χ3n) is 2.60. The summed E-state index contributed by atoms with van der Waals surface area (Å²) in [6, 6.07) is 4.42. The van der Waals surface area contributed by atoms with Gasteiger partial charge in [0, 0.05) is 17.0 Å². The second-order valence-corrected chi connectivity index (χ2v) is 5.13. The van der Waals surface area contributed by atoms with Crippen LogP contribution in [0.2, 0.25) is 0 Å². The van der Waals surface area contributed by atoms with Gasteiger partial charge in [0.15, 0.2) is 0 Å². The first kappa shape index (κ1) is 13.3. The molecule has 0 aliphatic carbocycles. The molecule has 0 unspecified atom stereocenters. The van der Waals surface area contributed by atoms with Gasteiger partial charge in [0.1, 0.15) is 4.88 Å². The predicted octanol–water partition coefficient (Wildman–Crippen LogP) is 1.37. The van der Waals surface area contributed by atoms with E-state index in [1.165, 1.54) is 35.3 Å². The fraction of sp³-hybridized carbons (Fsp3) is 0.250. The smallest absolute Gasteiger partial charge is 0.345 e. The molecule has 0 aliphatic heterocycles. The lowest BCUT2D eigenvalue weighted by molar-refractivity contribution is 0.0702. The Hall–Kier alpha value is -2.15. The highest BCUT2D eigenvalue weighted by atomic mass is 32.1. The third-order valence-corrected chi connectivity index (χ3v) is 3.68. The quantitative estimate of drug-likeness (QED) is 0.914. The van der Waals surface area contributed by atoms with Gasteiger partial charge in [-0.15, -0.1) is 16.4 Å². The van der Waals surface area contributed by atoms with Crippen LogP contribution in [-0.4, -0.2) is 28.0 Å². The Labute approximate surface area is 112 Å². The van der Waals surface area contributed by atoms with E-state index in [2.05, 4.69) is 5.10 Å². The molecule has 6 nitrogen and oxygen atoms in total. The molecule has 1 N–H and O–H groups in total. The number of thiophene rings is 1. The SMILES string of the molecule is COc1ccc(=O)n(Cc2cc(C(=O)O)sc2C)n1. The average Bonchev–Trinajstić information content (AvgIpc) is 2.74. The van der Waals surface area contributed by atoms with Crippen molar-refractivity contribution in [3.05, 3.63) is 43.9 Å². The van der Waals surface area contributed by atoms with Crippen molar-refractivity contribution in [2.24, 2.45) is 0 Å². The van der Waals surface area contributed by atoms with Crippen molar-refractivity contribution in [1.82, 2.24) is 9.78 Å². The number of methoxy groups -OCH3 is 1. The zero-order valence-corrected chi connectivity index (χ0v) is 11.2. The number of aromatic carboxylic acids is 1. The summed E-state index contributed by atoms with van der Waals surface area (Å²) in [6.45, 7) is 2.04. The Kier molecular flexibility index (Phi) is 3.66. The molecule has 0 bridgehead atoms. The summed E-state index contributed by atoms with van der Waals surface area (Å²) < 4.78 is 6.21. The van der Waals surface area contributed by atoms with Gasteiger partial charge in [0.2, 0.25) is 5.88 Å². The molecule has 0 saturated heterocycles. The molecule has 0 aliphatic rings. The highest BCUT2D eigenvalue weighted by Crippen LogP contribution is 2.22. The van der Waals surface area contributed by atoms with Crippen LogP contribution in [0, 0.1) is 6.92 Å². The fourth-order valence-electron chi connectivity index (χ4n) is 1.60. The number of ether oxygens (including phenoxy) is 1. The second-order valence-electron chi connectivity index (χ2n) is 3.87. The maximum absolute atomic E-state index is 11.7. The first-order chi connectivity index (χ1) is 9.01. The van der Waals surface area contributed by atoms with Crippen molar-refractivity contribution in [1.29, 1.82) is 0 Å². The van der Waals surface area contributed by atoms with Crippen LogP contribution in [0.5, 0.6) is 5.88 Å². The molecule has 19 heavy (non-hydrogen) atoms. The minimum Gasteiger partial charge on any atom is -0.480 e. The molecule has 2 rings (SSSR count). The minimum absolute atomic E-state index is 0.228. The number of nitrogens with zero attached hydrogens (tertiary/aromatic N) is 2. The number of hydrogen-bond donors (Lipinski definition) is 1. The summed E-state index contributed by atoms with van der Waals surface area (Å²) >= 11 is 1.18. The van der Waals surface area contributed by atoms with Crippen molar-refractivity contribution in [2.75, 3.05) is 7.11 Å². The summed E-state index contributed by atoms with van der Waals surface area (Å²) in [6.07, 6.45) is 0. The van der Waals surface area contributed by atoms with E-state index in [-0.39, 0.29) is 17.0 Å². The van der Waals surface area contributed by atoms with Gasteiger partial charge in [-0.1, -0.05) is 0 Å². The number of rotatable bonds is 4. The molecule has 0 radical (unpaired) electrons. The lowest BCUT2D eigenvalue weighted by atomic mass is 10.2. The Morgan fingerprint density at radius 1 is 1.53 bits per heavy atom. The lowest BCUT2D eigenvalue weighted by Gasteiger charge is -2.05. The van der Waals surface area contributed by atoms with E-state index in [1.807, 2.05) is 6.92 Å². The fourth-order valence-corrected chi connectivity index (χ4v) is 2.47.